The quantitative estimate of drug-likeness (QED) is 0.386. The van der Waals surface area contributed by atoms with Gasteiger partial charge in [-0.25, -0.2) is 4.99 Å². The summed E-state index contributed by atoms with van der Waals surface area (Å²) in [6.07, 6.45) is -0.940. The molecule has 0 aliphatic heterocycles. The molecule has 0 bridgehead atoms. The van der Waals surface area contributed by atoms with E-state index in [1.54, 1.807) is 0 Å². The first-order chi connectivity index (χ1) is 11.4. The van der Waals surface area contributed by atoms with Gasteiger partial charge in [-0.3, -0.25) is 0 Å². The van der Waals surface area contributed by atoms with Gasteiger partial charge < -0.3 is 15.8 Å². The van der Waals surface area contributed by atoms with Crippen LogP contribution < -0.4 is 15.8 Å². The molecule has 25 heavy (non-hydrogen) atoms. The molecule has 2 rings (SSSR count). The van der Waals surface area contributed by atoms with Crippen molar-refractivity contribution in [1.82, 2.24) is 0 Å². The van der Waals surface area contributed by atoms with Crippen LogP contribution in [-0.4, -0.2) is 18.9 Å². The molecule has 2 aromatic rings. The van der Waals surface area contributed by atoms with Crippen LogP contribution in [0.2, 0.25) is 0 Å². The molecule has 0 fully saturated rings. The molecule has 0 spiro atoms. The topological polar surface area (TPSA) is 59.6 Å². The summed E-state index contributed by atoms with van der Waals surface area (Å²) >= 11 is 0. The minimum Gasteiger partial charge on any atom is -0.406 e. The van der Waals surface area contributed by atoms with Crippen molar-refractivity contribution in [2.24, 2.45) is 10.7 Å². The van der Waals surface area contributed by atoms with E-state index in [2.05, 4.69) is 15.0 Å². The number of nitrogens with zero attached hydrogens (tertiary/aromatic N) is 1. The third-order valence-corrected chi connectivity index (χ3v) is 2.84. The molecular weight excluding hydrogens is 446 g/mol. The molecule has 0 amide bonds. The van der Waals surface area contributed by atoms with Crippen molar-refractivity contribution in [3.8, 4) is 5.75 Å². The number of nitrogens with one attached hydrogen (secondary N) is 1. The Kier molecular flexibility index (Phi) is 8.26. The Morgan fingerprint density at radius 3 is 2.32 bits per heavy atom. The van der Waals surface area contributed by atoms with Crippen molar-refractivity contribution in [1.29, 1.82) is 0 Å². The number of benzene rings is 2. The summed E-state index contributed by atoms with van der Waals surface area (Å²) in [6, 6.07) is 15.0. The molecule has 0 aliphatic rings. The third-order valence-electron chi connectivity index (χ3n) is 2.84. The monoisotopic (exact) mass is 463 g/mol. The fourth-order valence-electron chi connectivity index (χ4n) is 1.83. The number of halogens is 4. The van der Waals surface area contributed by atoms with E-state index in [0.717, 1.165) is 5.56 Å². The van der Waals surface area contributed by atoms with E-state index in [1.165, 1.54) is 24.3 Å². The molecule has 0 saturated heterocycles. The summed E-state index contributed by atoms with van der Waals surface area (Å²) in [7, 11) is 0. The number of hydrogen-bond acceptors (Lipinski definition) is 2. The van der Waals surface area contributed by atoms with Gasteiger partial charge in [0.25, 0.3) is 0 Å². The lowest BCUT2D eigenvalue weighted by atomic mass is 10.2. The molecule has 3 N–H and O–H groups in total. The van der Waals surface area contributed by atoms with Crippen LogP contribution in [-0.2, 0) is 0 Å². The maximum Gasteiger partial charge on any atom is 0.573 e. The summed E-state index contributed by atoms with van der Waals surface area (Å²) in [5.74, 6) is -0.133. The highest BCUT2D eigenvalue weighted by molar-refractivity contribution is 14.0. The third kappa shape index (κ3) is 8.43. The van der Waals surface area contributed by atoms with Gasteiger partial charge in [0.2, 0.25) is 0 Å². The van der Waals surface area contributed by atoms with Gasteiger partial charge in [0, 0.05) is 5.69 Å². The molecule has 4 nitrogen and oxygen atoms in total. The molecule has 0 aliphatic carbocycles. The predicted octanol–water partition coefficient (Wildman–Crippen LogP) is 4.64. The number of hydrogen-bond donors (Lipinski definition) is 2. The maximum absolute atomic E-state index is 12.1. The Balaban J connectivity index is 0.00000312. The Hall–Kier alpha value is -2.23. The largest absolute Gasteiger partial charge is 0.573 e. The minimum absolute atomic E-state index is 0. The van der Waals surface area contributed by atoms with Crippen LogP contribution in [0.4, 0.5) is 18.9 Å². The lowest BCUT2D eigenvalue weighted by molar-refractivity contribution is -0.274. The first-order valence-electron chi connectivity index (χ1n) is 7.07. The highest BCUT2D eigenvalue weighted by Crippen LogP contribution is 2.23. The van der Waals surface area contributed by atoms with E-state index in [4.69, 9.17) is 5.73 Å². The zero-order valence-electron chi connectivity index (χ0n) is 13.0. The second-order valence-electron chi connectivity index (χ2n) is 4.74. The van der Waals surface area contributed by atoms with Crippen molar-refractivity contribution in [3.63, 3.8) is 0 Å². The summed E-state index contributed by atoms with van der Waals surface area (Å²) in [5, 5.41) is 2.79. The maximum atomic E-state index is 12.1. The Morgan fingerprint density at radius 2 is 1.72 bits per heavy atom. The number of nitrogens with two attached hydrogens (primary N) is 1. The zero-order valence-corrected chi connectivity index (χ0v) is 15.4. The molecule has 8 heteroatoms. The highest BCUT2D eigenvalue weighted by atomic mass is 127. The van der Waals surface area contributed by atoms with Crippen molar-refractivity contribution in [2.75, 3.05) is 11.9 Å². The molecule has 0 aromatic heterocycles. The van der Waals surface area contributed by atoms with Crippen LogP contribution in [0.3, 0.4) is 0 Å². The number of rotatable bonds is 5. The predicted molar refractivity (Wildman–Crippen MR) is 104 cm³/mol. The van der Waals surface area contributed by atoms with E-state index < -0.39 is 6.36 Å². The van der Waals surface area contributed by atoms with Crippen LogP contribution in [0, 0.1) is 0 Å². The first kappa shape index (κ1) is 20.8. The fraction of sp³-hybridized carbons (Fsp3) is 0.118. The molecule has 0 unspecified atom stereocenters. The lowest BCUT2D eigenvalue weighted by Crippen LogP contribution is -2.22. The second kappa shape index (κ2) is 9.92. The Bertz CT molecular complexity index is 701. The van der Waals surface area contributed by atoms with E-state index in [1.807, 2.05) is 42.5 Å². The summed E-state index contributed by atoms with van der Waals surface area (Å²) < 4.78 is 40.0. The van der Waals surface area contributed by atoms with E-state index >= 15 is 0 Å². The summed E-state index contributed by atoms with van der Waals surface area (Å²) in [4.78, 5) is 4.10. The highest BCUT2D eigenvalue weighted by Gasteiger charge is 2.30. The minimum atomic E-state index is -4.71. The molecule has 134 valence electrons. The Labute approximate surface area is 160 Å². The van der Waals surface area contributed by atoms with Gasteiger partial charge in [0.1, 0.15) is 5.75 Å². The first-order valence-corrected chi connectivity index (χ1v) is 7.07. The normalized spacial score (nSPS) is 11.9. The fourth-order valence-corrected chi connectivity index (χ4v) is 1.83. The standard InChI is InChI=1S/C17H16F3N3O.HI/c18-17(19,20)24-15-10-8-14(9-11-15)23-16(21)22-12-4-7-13-5-2-1-3-6-13;/h1-11H,12H2,(H3,21,22,23);1H. The summed E-state index contributed by atoms with van der Waals surface area (Å²) in [6.45, 7) is 0.378. The number of alkyl halides is 3. The average Bonchev–Trinajstić information content (AvgIpc) is 2.53. The molecule has 0 heterocycles. The SMILES string of the molecule is I.NC(=NCC=Cc1ccccc1)Nc1ccc(OC(F)(F)F)cc1. The van der Waals surface area contributed by atoms with Gasteiger partial charge in [-0.15, -0.1) is 37.1 Å². The smallest absolute Gasteiger partial charge is 0.406 e. The van der Waals surface area contributed by atoms with Crippen LogP contribution in [0.1, 0.15) is 5.56 Å². The second-order valence-corrected chi connectivity index (χ2v) is 4.74. The van der Waals surface area contributed by atoms with Gasteiger partial charge in [-0.1, -0.05) is 42.5 Å². The van der Waals surface area contributed by atoms with E-state index in [9.17, 15) is 13.2 Å². The van der Waals surface area contributed by atoms with Crippen molar-refractivity contribution in [3.05, 3.63) is 66.2 Å². The zero-order chi connectivity index (χ0) is 17.4. The molecule has 2 aromatic carbocycles. The van der Waals surface area contributed by atoms with Crippen LogP contribution in [0.15, 0.2) is 65.7 Å². The van der Waals surface area contributed by atoms with Crippen LogP contribution in [0.5, 0.6) is 5.75 Å². The van der Waals surface area contributed by atoms with Crippen molar-refractivity contribution in [2.45, 2.75) is 6.36 Å². The molecular formula is C17H17F3IN3O. The van der Waals surface area contributed by atoms with Gasteiger partial charge >= 0.3 is 6.36 Å². The number of anilines is 1. The number of ether oxygens (including phenoxy) is 1. The van der Waals surface area contributed by atoms with Gasteiger partial charge in [-0.2, -0.15) is 0 Å². The van der Waals surface area contributed by atoms with Crippen LogP contribution >= 0.6 is 24.0 Å². The molecule has 0 radical (unpaired) electrons. The number of aliphatic imine (C=N–C) groups is 1. The average molecular weight is 463 g/mol. The van der Waals surface area contributed by atoms with Gasteiger partial charge in [-0.05, 0) is 29.8 Å². The van der Waals surface area contributed by atoms with Crippen LogP contribution in [0.25, 0.3) is 6.08 Å². The van der Waals surface area contributed by atoms with E-state index in [-0.39, 0.29) is 35.7 Å². The van der Waals surface area contributed by atoms with E-state index in [0.29, 0.717) is 12.2 Å². The van der Waals surface area contributed by atoms with Gasteiger partial charge in [0.05, 0.1) is 6.54 Å². The number of guanidine groups is 1. The lowest BCUT2D eigenvalue weighted by Gasteiger charge is -2.10. The molecule has 0 saturated carbocycles. The van der Waals surface area contributed by atoms with Crippen molar-refractivity contribution < 1.29 is 17.9 Å². The van der Waals surface area contributed by atoms with Crippen molar-refractivity contribution >= 4 is 41.7 Å². The molecule has 0 atom stereocenters. The van der Waals surface area contributed by atoms with Gasteiger partial charge in [0.15, 0.2) is 5.96 Å². The summed E-state index contributed by atoms with van der Waals surface area (Å²) in [5.41, 5.74) is 7.29. The Morgan fingerprint density at radius 1 is 1.08 bits per heavy atom.